The SMILES string of the molecule is C=CC(=O)N1CCN(c2snc3c(F)c(-c4cc(O)c(F)cc4F)c(Cl)cc23)CC1. The molecule has 1 N–H and O–H groups in total. The van der Waals surface area contributed by atoms with Gasteiger partial charge < -0.3 is 14.9 Å². The molecule has 5 nitrogen and oxygen atoms in total. The first-order chi connectivity index (χ1) is 14.3. The number of carbonyl (C=O) groups is 1. The average molecular weight is 454 g/mol. The summed E-state index contributed by atoms with van der Waals surface area (Å²) in [6, 6.07) is 2.75. The molecule has 0 spiro atoms. The van der Waals surface area contributed by atoms with Crippen molar-refractivity contribution < 1.29 is 23.1 Å². The van der Waals surface area contributed by atoms with E-state index in [0.29, 0.717) is 42.6 Å². The zero-order chi connectivity index (χ0) is 21.6. The third kappa shape index (κ3) is 3.37. The number of carbonyl (C=O) groups excluding carboxylic acids is 1. The molecule has 2 heterocycles. The highest BCUT2D eigenvalue weighted by Gasteiger charge is 2.26. The van der Waals surface area contributed by atoms with E-state index in [1.54, 1.807) is 4.90 Å². The van der Waals surface area contributed by atoms with Gasteiger partial charge in [-0.3, -0.25) is 4.79 Å². The summed E-state index contributed by atoms with van der Waals surface area (Å²) < 4.78 is 47.1. The first-order valence-corrected chi connectivity index (χ1v) is 10.1. The van der Waals surface area contributed by atoms with Gasteiger partial charge in [-0.25, -0.2) is 13.2 Å². The Morgan fingerprint density at radius 3 is 2.53 bits per heavy atom. The maximum atomic E-state index is 15.3. The number of anilines is 1. The maximum Gasteiger partial charge on any atom is 0.246 e. The number of hydrogen-bond acceptors (Lipinski definition) is 5. The number of benzene rings is 2. The Hall–Kier alpha value is -2.78. The van der Waals surface area contributed by atoms with E-state index in [2.05, 4.69) is 11.0 Å². The Kier molecular flexibility index (Phi) is 5.33. The van der Waals surface area contributed by atoms with Gasteiger partial charge in [0.15, 0.2) is 17.4 Å². The highest BCUT2D eigenvalue weighted by atomic mass is 35.5. The molecule has 0 aliphatic carbocycles. The van der Waals surface area contributed by atoms with Crippen molar-refractivity contribution in [3.05, 3.63) is 53.3 Å². The van der Waals surface area contributed by atoms with Crippen LogP contribution in [0.1, 0.15) is 0 Å². The van der Waals surface area contributed by atoms with Crippen LogP contribution in [0.5, 0.6) is 5.75 Å². The van der Waals surface area contributed by atoms with Gasteiger partial charge in [0, 0.05) is 48.8 Å². The van der Waals surface area contributed by atoms with Crippen LogP contribution in [-0.4, -0.2) is 46.5 Å². The summed E-state index contributed by atoms with van der Waals surface area (Å²) in [7, 11) is 0. The number of piperazine rings is 1. The third-order valence-corrected chi connectivity index (χ3v) is 6.23. The monoisotopic (exact) mass is 453 g/mol. The molecule has 1 aliphatic heterocycles. The molecule has 0 bridgehead atoms. The molecule has 10 heteroatoms. The molecule has 3 aromatic rings. The lowest BCUT2D eigenvalue weighted by molar-refractivity contribution is -0.126. The molecule has 1 fully saturated rings. The minimum Gasteiger partial charge on any atom is -0.505 e. The van der Waals surface area contributed by atoms with Gasteiger partial charge in [0.2, 0.25) is 5.91 Å². The number of aromatic hydroxyl groups is 1. The van der Waals surface area contributed by atoms with Crippen molar-refractivity contribution in [3.8, 4) is 16.9 Å². The molecule has 0 saturated carbocycles. The van der Waals surface area contributed by atoms with Crippen LogP contribution in [0, 0.1) is 17.5 Å². The lowest BCUT2D eigenvalue weighted by Gasteiger charge is -2.34. The quantitative estimate of drug-likeness (QED) is 0.590. The molecule has 0 radical (unpaired) electrons. The number of fused-ring (bicyclic) bond motifs is 1. The fourth-order valence-corrected chi connectivity index (χ4v) is 4.66. The molecule has 0 unspecified atom stereocenters. The van der Waals surface area contributed by atoms with Gasteiger partial charge >= 0.3 is 0 Å². The number of phenolic OH excluding ortho intramolecular Hbond substituents is 1. The van der Waals surface area contributed by atoms with Crippen molar-refractivity contribution in [3.63, 3.8) is 0 Å². The van der Waals surface area contributed by atoms with Crippen LogP contribution in [0.25, 0.3) is 22.0 Å². The van der Waals surface area contributed by atoms with Crippen LogP contribution in [-0.2, 0) is 4.79 Å². The Morgan fingerprint density at radius 2 is 1.87 bits per heavy atom. The molecule has 156 valence electrons. The first kappa shape index (κ1) is 20.5. The Bertz CT molecular complexity index is 1180. The zero-order valence-corrected chi connectivity index (χ0v) is 17.0. The van der Waals surface area contributed by atoms with Crippen molar-refractivity contribution in [2.45, 2.75) is 0 Å². The summed E-state index contributed by atoms with van der Waals surface area (Å²) in [4.78, 5) is 15.4. The smallest absolute Gasteiger partial charge is 0.246 e. The van der Waals surface area contributed by atoms with E-state index in [1.165, 1.54) is 12.1 Å². The number of hydrogen-bond donors (Lipinski definition) is 1. The Balaban J connectivity index is 1.74. The Morgan fingerprint density at radius 1 is 1.17 bits per heavy atom. The summed E-state index contributed by atoms with van der Waals surface area (Å²) in [5, 5.41) is 10.6. The van der Waals surface area contributed by atoms with Crippen LogP contribution in [0.3, 0.4) is 0 Å². The molecular weight excluding hydrogens is 439 g/mol. The van der Waals surface area contributed by atoms with E-state index in [1.807, 2.05) is 4.90 Å². The third-order valence-electron chi connectivity index (χ3n) is 5.01. The van der Waals surface area contributed by atoms with Crippen LogP contribution in [0.2, 0.25) is 5.02 Å². The summed E-state index contributed by atoms with van der Waals surface area (Å²) in [6.07, 6.45) is 1.26. The second-order valence-electron chi connectivity index (χ2n) is 6.73. The van der Waals surface area contributed by atoms with E-state index in [-0.39, 0.29) is 27.6 Å². The second-order valence-corrected chi connectivity index (χ2v) is 7.89. The molecular formula is C20H15ClF3N3O2S. The number of halogens is 4. The minimum atomic E-state index is -1.15. The van der Waals surface area contributed by atoms with Crippen LogP contribution >= 0.6 is 23.1 Å². The number of rotatable bonds is 3. The molecule has 4 rings (SSSR count). The fraction of sp³-hybridized carbons (Fsp3) is 0.200. The van der Waals surface area contributed by atoms with Gasteiger partial charge in [0.25, 0.3) is 0 Å². The predicted molar refractivity (Wildman–Crippen MR) is 111 cm³/mol. The van der Waals surface area contributed by atoms with E-state index in [4.69, 9.17) is 11.6 Å². The van der Waals surface area contributed by atoms with Gasteiger partial charge in [0.05, 0.1) is 5.02 Å². The van der Waals surface area contributed by atoms with E-state index in [9.17, 15) is 18.7 Å². The number of aromatic nitrogens is 1. The van der Waals surface area contributed by atoms with E-state index < -0.39 is 23.2 Å². The second kappa shape index (κ2) is 7.81. The standard InChI is InChI=1S/C20H15ClF3N3O2S/c1-2-16(29)26-3-5-27(6-4-26)20-11-7-12(21)17(18(24)19(11)25-30-20)10-8-15(28)14(23)9-13(10)22/h2,7-9,28H,1,3-6H2. The normalized spacial score (nSPS) is 14.4. The first-order valence-electron chi connectivity index (χ1n) is 8.94. The van der Waals surface area contributed by atoms with Crippen molar-refractivity contribution in [2.24, 2.45) is 0 Å². The minimum absolute atomic E-state index is 0.00205. The predicted octanol–water partition coefficient (Wildman–Crippen LogP) is 4.57. The summed E-state index contributed by atoms with van der Waals surface area (Å²) in [6.45, 7) is 5.50. The topological polar surface area (TPSA) is 56.7 Å². The van der Waals surface area contributed by atoms with Crippen molar-refractivity contribution in [1.29, 1.82) is 0 Å². The molecule has 1 amide bonds. The molecule has 1 aromatic heterocycles. The summed E-state index contributed by atoms with van der Waals surface area (Å²) in [5.41, 5.74) is -0.651. The summed E-state index contributed by atoms with van der Waals surface area (Å²) >= 11 is 7.34. The van der Waals surface area contributed by atoms with Gasteiger partial charge in [-0.1, -0.05) is 18.2 Å². The summed E-state index contributed by atoms with van der Waals surface area (Å²) in [5.74, 6) is -4.02. The van der Waals surface area contributed by atoms with E-state index >= 15 is 4.39 Å². The number of amides is 1. The van der Waals surface area contributed by atoms with Crippen LogP contribution in [0.4, 0.5) is 18.2 Å². The number of phenols is 1. The van der Waals surface area contributed by atoms with Crippen molar-refractivity contribution in [2.75, 3.05) is 31.1 Å². The average Bonchev–Trinajstić information content (AvgIpc) is 3.15. The van der Waals surface area contributed by atoms with Gasteiger partial charge in [-0.05, 0) is 29.7 Å². The maximum absolute atomic E-state index is 15.3. The molecule has 30 heavy (non-hydrogen) atoms. The van der Waals surface area contributed by atoms with E-state index in [0.717, 1.165) is 17.6 Å². The van der Waals surface area contributed by atoms with Gasteiger partial charge in [0.1, 0.15) is 16.3 Å². The highest BCUT2D eigenvalue weighted by molar-refractivity contribution is 7.11. The van der Waals surface area contributed by atoms with Crippen LogP contribution < -0.4 is 4.90 Å². The molecule has 0 atom stereocenters. The van der Waals surface area contributed by atoms with Gasteiger partial charge in [-0.2, -0.15) is 4.37 Å². The molecule has 1 saturated heterocycles. The fourth-order valence-electron chi connectivity index (χ4n) is 3.46. The largest absolute Gasteiger partial charge is 0.505 e. The highest BCUT2D eigenvalue weighted by Crippen LogP contribution is 2.42. The molecule has 1 aliphatic rings. The molecule has 2 aromatic carbocycles. The van der Waals surface area contributed by atoms with Crippen molar-refractivity contribution >= 4 is 44.9 Å². The Labute approximate surface area is 178 Å². The van der Waals surface area contributed by atoms with Crippen LogP contribution in [0.15, 0.2) is 30.9 Å². The van der Waals surface area contributed by atoms with Crippen molar-refractivity contribution in [1.82, 2.24) is 9.27 Å². The lowest BCUT2D eigenvalue weighted by atomic mass is 10.0. The number of nitrogens with zero attached hydrogens (tertiary/aromatic N) is 3. The zero-order valence-electron chi connectivity index (χ0n) is 15.5. The lowest BCUT2D eigenvalue weighted by Crippen LogP contribution is -2.48. The van der Waals surface area contributed by atoms with Gasteiger partial charge in [-0.15, -0.1) is 0 Å².